The van der Waals surface area contributed by atoms with Crippen LogP contribution in [0, 0.1) is 23.1 Å². The predicted molar refractivity (Wildman–Crippen MR) is 73.1 cm³/mol. The summed E-state index contributed by atoms with van der Waals surface area (Å²) in [7, 11) is 0. The Labute approximate surface area is 114 Å². The van der Waals surface area contributed by atoms with E-state index >= 15 is 0 Å². The first kappa shape index (κ1) is 15.6. The van der Waals surface area contributed by atoms with Crippen LogP contribution in [0.4, 0.5) is 4.39 Å². The average Bonchev–Trinajstić information content (AvgIpc) is 2.39. The van der Waals surface area contributed by atoms with Crippen LogP contribution in [0.25, 0.3) is 0 Å². The first-order valence-corrected chi connectivity index (χ1v) is 6.61. The molecular weight excluding hydrogens is 243 g/mol. The Kier molecular flexibility index (Phi) is 7.09. The minimum atomic E-state index is -0.432. The monoisotopic (exact) mass is 264 g/mol. The van der Waals surface area contributed by atoms with E-state index in [0.717, 1.165) is 13.0 Å². The smallest absolute Gasteiger partial charge is 0.145 e. The van der Waals surface area contributed by atoms with E-state index < -0.39 is 5.82 Å². The molecule has 0 saturated carbocycles. The molecule has 1 N–H and O–H groups in total. The zero-order chi connectivity index (χ0) is 14.1. The molecule has 0 atom stereocenters. The van der Waals surface area contributed by atoms with E-state index in [1.165, 1.54) is 6.07 Å². The van der Waals surface area contributed by atoms with Crippen molar-refractivity contribution < 1.29 is 9.13 Å². The van der Waals surface area contributed by atoms with Gasteiger partial charge in [0.15, 0.2) is 0 Å². The lowest BCUT2D eigenvalue weighted by Crippen LogP contribution is -2.20. The molecule has 0 aliphatic carbocycles. The lowest BCUT2D eigenvalue weighted by atomic mass is 10.1. The Morgan fingerprint density at radius 3 is 2.84 bits per heavy atom. The normalized spacial score (nSPS) is 10.7. The Morgan fingerprint density at radius 2 is 2.16 bits per heavy atom. The molecule has 3 nitrogen and oxygen atoms in total. The van der Waals surface area contributed by atoms with Gasteiger partial charge in [0.05, 0.1) is 12.2 Å². The molecule has 0 heterocycles. The second-order valence-electron chi connectivity index (χ2n) is 4.86. The highest BCUT2D eigenvalue weighted by Gasteiger charge is 2.06. The van der Waals surface area contributed by atoms with Crippen molar-refractivity contribution in [1.82, 2.24) is 5.32 Å². The third-order valence-electron chi connectivity index (χ3n) is 2.78. The highest BCUT2D eigenvalue weighted by atomic mass is 19.1. The summed E-state index contributed by atoms with van der Waals surface area (Å²) in [6, 6.07) is 6.69. The van der Waals surface area contributed by atoms with Gasteiger partial charge in [-0.3, -0.25) is 0 Å². The summed E-state index contributed by atoms with van der Waals surface area (Å²) in [5.41, 5.74) is 0.605. The van der Waals surface area contributed by atoms with Crippen LogP contribution in [0.1, 0.15) is 31.4 Å². The van der Waals surface area contributed by atoms with Crippen LogP contribution in [-0.2, 0) is 11.3 Å². The Morgan fingerprint density at radius 1 is 1.37 bits per heavy atom. The second-order valence-corrected chi connectivity index (χ2v) is 4.86. The zero-order valence-corrected chi connectivity index (χ0v) is 11.6. The van der Waals surface area contributed by atoms with Crippen molar-refractivity contribution in [2.75, 3.05) is 19.8 Å². The summed E-state index contributed by atoms with van der Waals surface area (Å²) < 4.78 is 19.1. The summed E-state index contributed by atoms with van der Waals surface area (Å²) in [4.78, 5) is 0. The Balaban J connectivity index is 2.22. The average molecular weight is 264 g/mol. The standard InChI is InChI=1S/C15H21FN2O/c1-12(2)6-8-19-9-7-18-11-14-5-3-4-13(10-17)15(14)16/h3-5,12,18H,6-9,11H2,1-2H3. The van der Waals surface area contributed by atoms with Gasteiger partial charge in [-0.25, -0.2) is 4.39 Å². The Bertz CT molecular complexity index is 427. The molecule has 4 heteroatoms. The van der Waals surface area contributed by atoms with Crippen molar-refractivity contribution in [3.63, 3.8) is 0 Å². The lowest BCUT2D eigenvalue weighted by molar-refractivity contribution is 0.125. The number of rotatable bonds is 8. The predicted octanol–water partition coefficient (Wildman–Crippen LogP) is 2.85. The van der Waals surface area contributed by atoms with Crippen LogP contribution in [-0.4, -0.2) is 19.8 Å². The van der Waals surface area contributed by atoms with E-state index in [0.29, 0.717) is 31.2 Å². The van der Waals surface area contributed by atoms with Gasteiger partial charge in [-0.2, -0.15) is 5.26 Å². The summed E-state index contributed by atoms with van der Waals surface area (Å²) in [5, 5.41) is 11.8. The third-order valence-corrected chi connectivity index (χ3v) is 2.78. The highest BCUT2D eigenvalue weighted by Crippen LogP contribution is 2.11. The summed E-state index contributed by atoms with van der Waals surface area (Å²) in [5.74, 6) is 0.217. The van der Waals surface area contributed by atoms with Gasteiger partial charge in [0.2, 0.25) is 0 Å². The minimum absolute atomic E-state index is 0.0903. The fourth-order valence-electron chi connectivity index (χ4n) is 1.59. The van der Waals surface area contributed by atoms with Crippen LogP contribution >= 0.6 is 0 Å². The maximum absolute atomic E-state index is 13.7. The number of nitrogens with zero attached hydrogens (tertiary/aromatic N) is 1. The third kappa shape index (κ3) is 5.82. The van der Waals surface area contributed by atoms with E-state index in [9.17, 15) is 4.39 Å². The molecule has 0 radical (unpaired) electrons. The SMILES string of the molecule is CC(C)CCOCCNCc1cccc(C#N)c1F. The molecule has 104 valence electrons. The van der Waals surface area contributed by atoms with Crippen LogP contribution in [0.3, 0.4) is 0 Å². The molecule has 19 heavy (non-hydrogen) atoms. The fourth-order valence-corrected chi connectivity index (χ4v) is 1.59. The second kappa shape index (κ2) is 8.63. The molecule has 0 aliphatic rings. The van der Waals surface area contributed by atoms with Gasteiger partial charge in [-0.1, -0.05) is 26.0 Å². The van der Waals surface area contributed by atoms with Crippen molar-refractivity contribution in [3.8, 4) is 6.07 Å². The van der Waals surface area contributed by atoms with Crippen LogP contribution in [0.5, 0.6) is 0 Å². The molecule has 0 spiro atoms. The molecule has 1 aromatic rings. The van der Waals surface area contributed by atoms with Crippen molar-refractivity contribution in [1.29, 1.82) is 5.26 Å². The number of nitrogens with one attached hydrogen (secondary N) is 1. The van der Waals surface area contributed by atoms with Gasteiger partial charge in [0, 0.05) is 25.3 Å². The molecule has 1 aromatic carbocycles. The lowest BCUT2D eigenvalue weighted by Gasteiger charge is -2.08. The largest absolute Gasteiger partial charge is 0.380 e. The van der Waals surface area contributed by atoms with Crippen LogP contribution in [0.15, 0.2) is 18.2 Å². The summed E-state index contributed by atoms with van der Waals surface area (Å²) in [6.45, 7) is 6.78. The quantitative estimate of drug-likeness (QED) is 0.734. The van der Waals surface area contributed by atoms with E-state index in [1.807, 2.05) is 6.07 Å². The van der Waals surface area contributed by atoms with Gasteiger partial charge < -0.3 is 10.1 Å². The number of halogens is 1. The number of hydrogen-bond acceptors (Lipinski definition) is 3. The van der Waals surface area contributed by atoms with Gasteiger partial charge in [0.25, 0.3) is 0 Å². The molecule has 0 saturated heterocycles. The topological polar surface area (TPSA) is 45.0 Å². The molecule has 0 bridgehead atoms. The first-order valence-electron chi connectivity index (χ1n) is 6.61. The van der Waals surface area contributed by atoms with Crippen molar-refractivity contribution >= 4 is 0 Å². The molecular formula is C15H21FN2O. The number of nitriles is 1. The van der Waals surface area contributed by atoms with Crippen molar-refractivity contribution in [2.45, 2.75) is 26.8 Å². The van der Waals surface area contributed by atoms with Gasteiger partial charge >= 0.3 is 0 Å². The van der Waals surface area contributed by atoms with Gasteiger partial charge in [0.1, 0.15) is 11.9 Å². The maximum atomic E-state index is 13.7. The number of ether oxygens (including phenoxy) is 1. The van der Waals surface area contributed by atoms with Gasteiger partial charge in [-0.05, 0) is 18.4 Å². The van der Waals surface area contributed by atoms with E-state index in [4.69, 9.17) is 10.00 Å². The number of hydrogen-bond donors (Lipinski definition) is 1. The van der Waals surface area contributed by atoms with E-state index in [1.54, 1.807) is 12.1 Å². The summed E-state index contributed by atoms with van der Waals surface area (Å²) in [6.07, 6.45) is 1.05. The van der Waals surface area contributed by atoms with Crippen LogP contribution in [0.2, 0.25) is 0 Å². The van der Waals surface area contributed by atoms with Crippen LogP contribution < -0.4 is 5.32 Å². The van der Waals surface area contributed by atoms with Gasteiger partial charge in [-0.15, -0.1) is 0 Å². The molecule has 0 amide bonds. The van der Waals surface area contributed by atoms with Crippen molar-refractivity contribution in [2.24, 2.45) is 5.92 Å². The van der Waals surface area contributed by atoms with E-state index in [2.05, 4.69) is 19.2 Å². The van der Waals surface area contributed by atoms with E-state index in [-0.39, 0.29) is 5.56 Å². The summed E-state index contributed by atoms with van der Waals surface area (Å²) >= 11 is 0. The molecule has 0 unspecified atom stereocenters. The Hall–Kier alpha value is -1.44. The molecule has 0 aromatic heterocycles. The molecule has 0 aliphatic heterocycles. The molecule has 0 fully saturated rings. The fraction of sp³-hybridized carbons (Fsp3) is 0.533. The molecule has 1 rings (SSSR count). The number of benzene rings is 1. The first-order chi connectivity index (χ1) is 9.15. The maximum Gasteiger partial charge on any atom is 0.145 e. The zero-order valence-electron chi connectivity index (χ0n) is 11.6. The minimum Gasteiger partial charge on any atom is -0.380 e. The van der Waals surface area contributed by atoms with Crippen molar-refractivity contribution in [3.05, 3.63) is 35.1 Å². The highest BCUT2D eigenvalue weighted by molar-refractivity contribution is 5.34.